The molecule has 0 aromatic heterocycles. The number of nitrogens with one attached hydrogen (secondary N) is 3. The van der Waals surface area contributed by atoms with Crippen molar-refractivity contribution in [2.45, 2.75) is 13.5 Å². The van der Waals surface area contributed by atoms with E-state index in [4.69, 9.17) is 4.74 Å². The molecule has 2 rings (SSSR count). The van der Waals surface area contributed by atoms with Crippen molar-refractivity contribution in [1.29, 1.82) is 0 Å². The maximum absolute atomic E-state index is 12.3. The predicted molar refractivity (Wildman–Crippen MR) is 122 cm³/mol. The lowest BCUT2D eigenvalue weighted by Crippen LogP contribution is -2.38. The number of hydrogen-bond acceptors (Lipinski definition) is 4. The van der Waals surface area contributed by atoms with Gasteiger partial charge in [-0.05, 0) is 50.8 Å². The Morgan fingerprint density at radius 1 is 1.03 bits per heavy atom. The molecule has 30 heavy (non-hydrogen) atoms. The van der Waals surface area contributed by atoms with Crippen molar-refractivity contribution in [2.24, 2.45) is 4.99 Å². The Hall–Kier alpha value is -3.06. The number of carbonyl (C=O) groups is 1. The number of benzene rings is 2. The van der Waals surface area contributed by atoms with E-state index in [-0.39, 0.29) is 5.91 Å². The standard InChI is InChI=1S/C23H33N5O2/c1-18-8-10-21(11-9-18)30-15-13-26-23(24-2)27-17-19-6-5-7-20(16-19)22(29)25-12-14-28(3)4/h5-11,16H,12-15,17H2,1-4H3,(H,25,29)(H2,24,26,27). The molecule has 1 amide bonds. The zero-order valence-corrected chi connectivity index (χ0v) is 18.4. The molecule has 7 nitrogen and oxygen atoms in total. The van der Waals surface area contributed by atoms with Crippen LogP contribution in [0, 0.1) is 6.92 Å². The molecule has 0 aliphatic carbocycles. The van der Waals surface area contributed by atoms with Crippen molar-refractivity contribution in [2.75, 3.05) is 47.4 Å². The van der Waals surface area contributed by atoms with Crippen LogP contribution in [0.25, 0.3) is 0 Å². The summed E-state index contributed by atoms with van der Waals surface area (Å²) in [6, 6.07) is 15.6. The molecular weight excluding hydrogens is 378 g/mol. The summed E-state index contributed by atoms with van der Waals surface area (Å²) < 4.78 is 5.71. The molecule has 0 fully saturated rings. The molecule has 0 saturated heterocycles. The van der Waals surface area contributed by atoms with Gasteiger partial charge in [0.2, 0.25) is 0 Å². The van der Waals surface area contributed by atoms with Gasteiger partial charge in [-0.1, -0.05) is 29.8 Å². The third-order valence-electron chi connectivity index (χ3n) is 4.40. The number of likely N-dealkylation sites (N-methyl/N-ethyl adjacent to an activating group) is 1. The minimum absolute atomic E-state index is 0.0607. The SMILES string of the molecule is CN=C(NCCOc1ccc(C)cc1)NCc1cccc(C(=O)NCCN(C)C)c1. The van der Waals surface area contributed by atoms with E-state index in [1.807, 2.05) is 74.4 Å². The van der Waals surface area contributed by atoms with Crippen molar-refractivity contribution in [1.82, 2.24) is 20.9 Å². The summed E-state index contributed by atoms with van der Waals surface area (Å²) in [7, 11) is 5.69. The van der Waals surface area contributed by atoms with Crippen LogP contribution in [-0.2, 0) is 6.54 Å². The van der Waals surface area contributed by atoms with E-state index < -0.39 is 0 Å². The number of aryl methyl sites for hydroxylation is 1. The van der Waals surface area contributed by atoms with Gasteiger partial charge in [-0.15, -0.1) is 0 Å². The first-order valence-corrected chi connectivity index (χ1v) is 10.1. The second-order valence-electron chi connectivity index (χ2n) is 7.27. The number of amides is 1. The Labute approximate surface area is 179 Å². The van der Waals surface area contributed by atoms with Crippen molar-refractivity contribution in [3.63, 3.8) is 0 Å². The van der Waals surface area contributed by atoms with Gasteiger partial charge in [-0.2, -0.15) is 0 Å². The van der Waals surface area contributed by atoms with Crippen LogP contribution < -0.4 is 20.7 Å². The molecule has 162 valence electrons. The molecule has 0 radical (unpaired) electrons. The average Bonchev–Trinajstić information content (AvgIpc) is 2.74. The molecule has 7 heteroatoms. The summed E-state index contributed by atoms with van der Waals surface area (Å²) in [6.07, 6.45) is 0. The van der Waals surface area contributed by atoms with E-state index in [1.54, 1.807) is 7.05 Å². The van der Waals surface area contributed by atoms with Gasteiger partial charge in [0.05, 0.1) is 6.54 Å². The molecule has 0 heterocycles. The highest BCUT2D eigenvalue weighted by Gasteiger charge is 2.06. The lowest BCUT2D eigenvalue weighted by molar-refractivity contribution is 0.0951. The van der Waals surface area contributed by atoms with Crippen molar-refractivity contribution < 1.29 is 9.53 Å². The van der Waals surface area contributed by atoms with E-state index >= 15 is 0 Å². The van der Waals surface area contributed by atoms with Crippen molar-refractivity contribution in [3.05, 3.63) is 65.2 Å². The van der Waals surface area contributed by atoms with Crippen LogP contribution in [0.15, 0.2) is 53.5 Å². The van der Waals surface area contributed by atoms with Crippen LogP contribution in [0.2, 0.25) is 0 Å². The minimum atomic E-state index is -0.0607. The van der Waals surface area contributed by atoms with Gasteiger partial charge in [0.15, 0.2) is 5.96 Å². The van der Waals surface area contributed by atoms with Crippen LogP contribution in [0.5, 0.6) is 5.75 Å². The van der Waals surface area contributed by atoms with Gasteiger partial charge < -0.3 is 25.6 Å². The molecule has 2 aromatic rings. The quantitative estimate of drug-likeness (QED) is 0.317. The van der Waals surface area contributed by atoms with Crippen LogP contribution in [-0.4, -0.2) is 64.2 Å². The number of nitrogens with zero attached hydrogens (tertiary/aromatic N) is 2. The summed E-state index contributed by atoms with van der Waals surface area (Å²) in [6.45, 7) is 5.21. The van der Waals surface area contributed by atoms with Crippen molar-refractivity contribution in [3.8, 4) is 5.75 Å². The zero-order valence-electron chi connectivity index (χ0n) is 18.4. The van der Waals surface area contributed by atoms with Crippen LogP contribution in [0.4, 0.5) is 0 Å². The number of aliphatic imine (C=N–C) groups is 1. The molecule has 0 atom stereocenters. The Morgan fingerprint density at radius 2 is 1.80 bits per heavy atom. The first-order valence-electron chi connectivity index (χ1n) is 10.1. The van der Waals surface area contributed by atoms with E-state index in [1.165, 1.54) is 5.56 Å². The largest absolute Gasteiger partial charge is 0.492 e. The lowest BCUT2D eigenvalue weighted by Gasteiger charge is -2.13. The van der Waals surface area contributed by atoms with E-state index in [9.17, 15) is 4.79 Å². The maximum atomic E-state index is 12.3. The maximum Gasteiger partial charge on any atom is 0.251 e. The van der Waals surface area contributed by atoms with Gasteiger partial charge in [0.1, 0.15) is 12.4 Å². The molecule has 0 aliphatic rings. The lowest BCUT2D eigenvalue weighted by atomic mass is 10.1. The molecule has 0 saturated carbocycles. The van der Waals surface area contributed by atoms with Crippen LogP contribution in [0.1, 0.15) is 21.5 Å². The first-order chi connectivity index (χ1) is 14.5. The Kier molecular flexibility index (Phi) is 9.67. The minimum Gasteiger partial charge on any atom is -0.492 e. The fraction of sp³-hybridized carbons (Fsp3) is 0.391. The molecule has 0 aliphatic heterocycles. The molecular formula is C23H33N5O2. The number of rotatable bonds is 10. The highest BCUT2D eigenvalue weighted by atomic mass is 16.5. The summed E-state index contributed by atoms with van der Waals surface area (Å²) in [5.41, 5.74) is 2.87. The highest BCUT2D eigenvalue weighted by Crippen LogP contribution is 2.10. The summed E-state index contributed by atoms with van der Waals surface area (Å²) in [5.74, 6) is 1.48. The third-order valence-corrected chi connectivity index (χ3v) is 4.40. The van der Waals surface area contributed by atoms with Gasteiger partial charge in [0.25, 0.3) is 5.91 Å². The second kappa shape index (κ2) is 12.5. The predicted octanol–water partition coefficient (Wildman–Crippen LogP) is 2.03. The van der Waals surface area contributed by atoms with E-state index in [2.05, 4.69) is 20.9 Å². The van der Waals surface area contributed by atoms with Gasteiger partial charge >= 0.3 is 0 Å². The van der Waals surface area contributed by atoms with Gasteiger partial charge in [-0.25, -0.2) is 0 Å². The Morgan fingerprint density at radius 3 is 2.50 bits per heavy atom. The fourth-order valence-corrected chi connectivity index (χ4v) is 2.70. The van der Waals surface area contributed by atoms with Crippen LogP contribution in [0.3, 0.4) is 0 Å². The normalized spacial score (nSPS) is 11.3. The molecule has 3 N–H and O–H groups in total. The van der Waals surface area contributed by atoms with Crippen molar-refractivity contribution >= 4 is 11.9 Å². The van der Waals surface area contributed by atoms with Gasteiger partial charge in [-0.3, -0.25) is 9.79 Å². The fourth-order valence-electron chi connectivity index (χ4n) is 2.70. The molecule has 2 aromatic carbocycles. The smallest absolute Gasteiger partial charge is 0.251 e. The number of ether oxygens (including phenoxy) is 1. The molecule has 0 unspecified atom stereocenters. The number of hydrogen-bond donors (Lipinski definition) is 3. The zero-order chi connectivity index (χ0) is 21.8. The Bertz CT molecular complexity index is 819. The molecule has 0 bridgehead atoms. The monoisotopic (exact) mass is 411 g/mol. The number of guanidine groups is 1. The van der Waals surface area contributed by atoms with E-state index in [0.717, 1.165) is 17.9 Å². The van der Waals surface area contributed by atoms with Crippen LogP contribution >= 0.6 is 0 Å². The van der Waals surface area contributed by atoms with E-state index in [0.29, 0.717) is 37.8 Å². The average molecular weight is 412 g/mol. The third kappa shape index (κ3) is 8.53. The van der Waals surface area contributed by atoms with Gasteiger partial charge in [0, 0.05) is 32.2 Å². The second-order valence-corrected chi connectivity index (χ2v) is 7.27. The molecule has 0 spiro atoms. The Balaban J connectivity index is 1.74. The number of carbonyl (C=O) groups excluding carboxylic acids is 1. The highest BCUT2D eigenvalue weighted by molar-refractivity contribution is 5.94. The first kappa shape index (κ1) is 23.2. The topological polar surface area (TPSA) is 78.0 Å². The summed E-state index contributed by atoms with van der Waals surface area (Å²) in [4.78, 5) is 18.5. The summed E-state index contributed by atoms with van der Waals surface area (Å²) >= 11 is 0. The summed E-state index contributed by atoms with van der Waals surface area (Å²) in [5, 5.41) is 9.42.